The first-order valence-corrected chi connectivity index (χ1v) is 13.8. The highest BCUT2D eigenvalue weighted by Gasteiger charge is 2.41. The van der Waals surface area contributed by atoms with Crippen LogP contribution in [0.5, 0.6) is 11.5 Å². The quantitative estimate of drug-likeness (QED) is 0.465. The number of para-hydroxylation sites is 1. The zero-order chi connectivity index (χ0) is 28.6. The number of fused-ring (bicyclic) bond motifs is 1. The molecule has 0 radical (unpaired) electrons. The molecular weight excluding hydrogens is 508 g/mol. The number of primary amides is 1. The van der Waals surface area contributed by atoms with Gasteiger partial charge >= 0.3 is 6.09 Å². The van der Waals surface area contributed by atoms with Crippen LogP contribution in [0.15, 0.2) is 54.6 Å². The Hall–Kier alpha value is -4.05. The van der Waals surface area contributed by atoms with Crippen molar-refractivity contribution in [2.24, 2.45) is 5.73 Å². The molecule has 5 rings (SSSR count). The van der Waals surface area contributed by atoms with Gasteiger partial charge in [0.05, 0.1) is 17.4 Å². The summed E-state index contributed by atoms with van der Waals surface area (Å²) < 4.78 is 13.2. The molecule has 40 heavy (non-hydrogen) atoms. The summed E-state index contributed by atoms with van der Waals surface area (Å²) in [6.07, 6.45) is 0.521. The maximum absolute atomic E-state index is 12.9. The molecular formula is C30H38N6O4. The fourth-order valence-corrected chi connectivity index (χ4v) is 5.49. The van der Waals surface area contributed by atoms with E-state index in [1.807, 2.05) is 82.3 Å². The summed E-state index contributed by atoms with van der Waals surface area (Å²) in [7, 11) is 0. The summed E-state index contributed by atoms with van der Waals surface area (Å²) in [5.74, 6) is 0.863. The third-order valence-electron chi connectivity index (χ3n) is 7.30. The van der Waals surface area contributed by atoms with Crippen molar-refractivity contribution in [3.63, 3.8) is 0 Å². The first kappa shape index (κ1) is 27.5. The van der Waals surface area contributed by atoms with Crippen LogP contribution in [-0.2, 0) is 4.74 Å². The van der Waals surface area contributed by atoms with Crippen molar-refractivity contribution in [2.75, 3.05) is 25.0 Å². The number of ether oxygens (including phenoxy) is 2. The molecule has 0 aliphatic carbocycles. The standard InChI is InChI=1S/C30H38N6O4/c1-19-18-35(29(38)40-30(3,4)5)20(2)17-34(19)24-15-16-32-26-25(24)33-36(27(26)28(31)37)21-11-13-23(14-12-21)39-22-9-7-6-8-10-22/h6-14,19-20,24,32H,15-18H2,1-5H3,(H2,31,37)/t19-,20+,24?/m0/s1. The van der Waals surface area contributed by atoms with Gasteiger partial charge in [0, 0.05) is 31.7 Å². The number of nitrogens with zero attached hydrogens (tertiary/aromatic N) is 4. The third-order valence-corrected chi connectivity index (χ3v) is 7.30. The van der Waals surface area contributed by atoms with E-state index in [0.29, 0.717) is 42.5 Å². The molecule has 1 fully saturated rings. The van der Waals surface area contributed by atoms with Crippen LogP contribution in [0.3, 0.4) is 0 Å². The highest BCUT2D eigenvalue weighted by Crippen LogP contribution is 2.39. The summed E-state index contributed by atoms with van der Waals surface area (Å²) in [6, 6.07) is 17.0. The van der Waals surface area contributed by atoms with Gasteiger partial charge in [0.25, 0.3) is 5.91 Å². The minimum absolute atomic E-state index is 0.0328. The lowest BCUT2D eigenvalue weighted by Crippen LogP contribution is -2.59. The summed E-state index contributed by atoms with van der Waals surface area (Å²) in [5, 5.41) is 8.31. The number of rotatable bonds is 5. The summed E-state index contributed by atoms with van der Waals surface area (Å²) in [5.41, 5.74) is 7.83. The number of carbonyl (C=O) groups is 2. The highest BCUT2D eigenvalue weighted by atomic mass is 16.6. The number of hydrogen-bond acceptors (Lipinski definition) is 7. The van der Waals surface area contributed by atoms with Gasteiger partial charge in [-0.25, -0.2) is 9.48 Å². The van der Waals surface area contributed by atoms with Crippen molar-refractivity contribution in [2.45, 2.75) is 64.8 Å². The highest BCUT2D eigenvalue weighted by molar-refractivity contribution is 5.98. The fraction of sp³-hybridized carbons (Fsp3) is 0.433. The van der Waals surface area contributed by atoms with E-state index in [9.17, 15) is 9.59 Å². The van der Waals surface area contributed by atoms with Crippen molar-refractivity contribution in [3.8, 4) is 17.2 Å². The Kier molecular flexibility index (Phi) is 7.46. The van der Waals surface area contributed by atoms with Crippen LogP contribution in [0.1, 0.15) is 63.3 Å². The maximum Gasteiger partial charge on any atom is 0.410 e. The van der Waals surface area contributed by atoms with Crippen LogP contribution < -0.4 is 15.8 Å². The first-order valence-electron chi connectivity index (χ1n) is 13.8. The van der Waals surface area contributed by atoms with Crippen LogP contribution in [-0.4, -0.2) is 68.9 Å². The minimum Gasteiger partial charge on any atom is -0.457 e. The van der Waals surface area contributed by atoms with Gasteiger partial charge in [-0.05, 0) is 77.4 Å². The first-order chi connectivity index (χ1) is 19.0. The van der Waals surface area contributed by atoms with Crippen molar-refractivity contribution in [3.05, 3.63) is 66.0 Å². The van der Waals surface area contributed by atoms with Crippen molar-refractivity contribution < 1.29 is 19.1 Å². The molecule has 2 aliphatic heterocycles. The molecule has 10 heteroatoms. The van der Waals surface area contributed by atoms with Gasteiger partial charge in [0.2, 0.25) is 0 Å². The number of carbonyl (C=O) groups excluding carboxylic acids is 2. The number of hydrogen-bond donors (Lipinski definition) is 2. The summed E-state index contributed by atoms with van der Waals surface area (Å²) in [6.45, 7) is 11.7. The minimum atomic E-state index is -0.553. The Balaban J connectivity index is 1.41. The molecule has 10 nitrogen and oxygen atoms in total. The van der Waals surface area contributed by atoms with E-state index in [2.05, 4.69) is 17.1 Å². The Morgan fingerprint density at radius 3 is 2.30 bits per heavy atom. The molecule has 0 bridgehead atoms. The van der Waals surface area contributed by atoms with Crippen molar-refractivity contribution in [1.82, 2.24) is 19.6 Å². The monoisotopic (exact) mass is 546 g/mol. The molecule has 2 aromatic carbocycles. The van der Waals surface area contributed by atoms with E-state index in [-0.39, 0.29) is 24.2 Å². The smallest absolute Gasteiger partial charge is 0.410 e. The lowest BCUT2D eigenvalue weighted by atomic mass is 9.97. The van der Waals surface area contributed by atoms with Gasteiger partial charge in [-0.1, -0.05) is 18.2 Å². The average Bonchev–Trinajstić information content (AvgIpc) is 3.30. The Morgan fingerprint density at radius 2 is 1.65 bits per heavy atom. The van der Waals surface area contributed by atoms with Crippen LogP contribution in [0.2, 0.25) is 0 Å². The van der Waals surface area contributed by atoms with E-state index >= 15 is 0 Å². The molecule has 3 N–H and O–H groups in total. The van der Waals surface area contributed by atoms with Gasteiger partial charge in [0.1, 0.15) is 22.8 Å². The molecule has 3 heterocycles. The van der Waals surface area contributed by atoms with Gasteiger partial charge in [-0.3, -0.25) is 9.69 Å². The SMILES string of the molecule is C[C@@H]1CN(C2CCNc3c2nn(-c2ccc(Oc4ccccc4)cc2)c3C(N)=O)[C@@H](C)CN1C(=O)OC(C)(C)C. The number of nitrogens with one attached hydrogen (secondary N) is 1. The molecule has 3 atom stereocenters. The molecule has 212 valence electrons. The number of piperazine rings is 1. The van der Waals surface area contributed by atoms with E-state index in [0.717, 1.165) is 17.9 Å². The number of benzene rings is 2. The third kappa shape index (κ3) is 5.62. The maximum atomic E-state index is 12.9. The Morgan fingerprint density at radius 1 is 0.975 bits per heavy atom. The fourth-order valence-electron chi connectivity index (χ4n) is 5.49. The van der Waals surface area contributed by atoms with Gasteiger partial charge in [0.15, 0.2) is 5.69 Å². The molecule has 0 saturated carbocycles. The zero-order valence-corrected chi connectivity index (χ0v) is 23.8. The van der Waals surface area contributed by atoms with E-state index in [1.54, 1.807) is 9.58 Å². The number of anilines is 1. The van der Waals surface area contributed by atoms with Crippen LogP contribution in [0.4, 0.5) is 10.5 Å². The second kappa shape index (κ2) is 10.8. The second-order valence-corrected chi connectivity index (χ2v) is 11.6. The average molecular weight is 547 g/mol. The van der Waals surface area contributed by atoms with E-state index in [1.165, 1.54) is 0 Å². The van der Waals surface area contributed by atoms with E-state index < -0.39 is 11.5 Å². The summed E-state index contributed by atoms with van der Waals surface area (Å²) >= 11 is 0. The predicted octanol–water partition coefficient (Wildman–Crippen LogP) is 4.95. The molecule has 2 amide bonds. The molecule has 1 aromatic heterocycles. The van der Waals surface area contributed by atoms with Crippen LogP contribution in [0, 0.1) is 0 Å². The lowest BCUT2D eigenvalue weighted by Gasteiger charge is -2.47. The number of aromatic nitrogens is 2. The normalized spacial score (nSPS) is 21.3. The Bertz CT molecular complexity index is 1370. The zero-order valence-electron chi connectivity index (χ0n) is 23.8. The molecule has 0 spiro atoms. The van der Waals surface area contributed by atoms with Gasteiger partial charge in [-0.15, -0.1) is 0 Å². The van der Waals surface area contributed by atoms with Crippen LogP contribution in [0.25, 0.3) is 5.69 Å². The van der Waals surface area contributed by atoms with Crippen LogP contribution >= 0.6 is 0 Å². The number of amides is 2. The van der Waals surface area contributed by atoms with Gasteiger partial charge < -0.3 is 25.4 Å². The summed E-state index contributed by atoms with van der Waals surface area (Å²) in [4.78, 5) is 29.7. The number of nitrogens with two attached hydrogens (primary N) is 1. The van der Waals surface area contributed by atoms with Crippen molar-refractivity contribution >= 4 is 17.7 Å². The molecule has 2 aliphatic rings. The van der Waals surface area contributed by atoms with E-state index in [4.69, 9.17) is 20.3 Å². The molecule has 1 unspecified atom stereocenters. The van der Waals surface area contributed by atoms with Crippen molar-refractivity contribution in [1.29, 1.82) is 0 Å². The Labute approximate surface area is 235 Å². The largest absolute Gasteiger partial charge is 0.457 e. The second-order valence-electron chi connectivity index (χ2n) is 11.6. The molecule has 1 saturated heterocycles. The molecule has 3 aromatic rings. The predicted molar refractivity (Wildman–Crippen MR) is 153 cm³/mol. The van der Waals surface area contributed by atoms with Gasteiger partial charge in [-0.2, -0.15) is 5.10 Å². The lowest BCUT2D eigenvalue weighted by molar-refractivity contribution is -0.0216. The topological polar surface area (TPSA) is 115 Å².